The van der Waals surface area contributed by atoms with Crippen molar-refractivity contribution in [3.8, 4) is 11.5 Å². The molecule has 1 N–H and O–H groups in total. The standard InChI is InChI=1S/C17H19FO4S/c1-13(23(19,20)21)4-2-5-14-6-3-7-17(12-14)22-16-10-8-15(18)9-11-16/h3,6-13H,2,4-5H2,1H3,(H,19,20,21). The summed E-state index contributed by atoms with van der Waals surface area (Å²) in [6.07, 6.45) is 1.71. The van der Waals surface area contributed by atoms with Gasteiger partial charge in [-0.1, -0.05) is 12.1 Å². The highest BCUT2D eigenvalue weighted by atomic mass is 32.2. The smallest absolute Gasteiger partial charge is 0.267 e. The summed E-state index contributed by atoms with van der Waals surface area (Å²) in [4.78, 5) is 0. The molecule has 0 bridgehead atoms. The van der Waals surface area contributed by atoms with Crippen LogP contribution in [0.25, 0.3) is 0 Å². The molecular weight excluding hydrogens is 319 g/mol. The molecule has 2 aromatic rings. The van der Waals surface area contributed by atoms with Gasteiger partial charge in [0.15, 0.2) is 0 Å². The minimum atomic E-state index is -3.96. The van der Waals surface area contributed by atoms with E-state index in [1.54, 1.807) is 18.2 Å². The van der Waals surface area contributed by atoms with Gasteiger partial charge in [0.25, 0.3) is 10.1 Å². The molecule has 0 aliphatic rings. The van der Waals surface area contributed by atoms with E-state index >= 15 is 0 Å². The van der Waals surface area contributed by atoms with Crippen LogP contribution in [0.4, 0.5) is 4.39 Å². The molecule has 1 unspecified atom stereocenters. The molecule has 1 atom stereocenters. The molecule has 0 aromatic heterocycles. The number of ether oxygens (including phenoxy) is 1. The molecule has 23 heavy (non-hydrogen) atoms. The lowest BCUT2D eigenvalue weighted by Gasteiger charge is -2.09. The minimum Gasteiger partial charge on any atom is -0.457 e. The summed E-state index contributed by atoms with van der Waals surface area (Å²) < 4.78 is 49.4. The van der Waals surface area contributed by atoms with Gasteiger partial charge in [-0.25, -0.2) is 4.39 Å². The summed E-state index contributed by atoms with van der Waals surface area (Å²) in [5, 5.41) is -0.763. The van der Waals surface area contributed by atoms with E-state index in [9.17, 15) is 12.8 Å². The molecular formula is C17H19FO4S. The van der Waals surface area contributed by atoms with Gasteiger partial charge in [-0.3, -0.25) is 4.55 Å². The van der Waals surface area contributed by atoms with Crippen molar-refractivity contribution in [1.82, 2.24) is 0 Å². The number of rotatable bonds is 7. The lowest BCUT2D eigenvalue weighted by Crippen LogP contribution is -2.16. The van der Waals surface area contributed by atoms with Crippen molar-refractivity contribution >= 4 is 10.1 Å². The maximum Gasteiger partial charge on any atom is 0.267 e. The first-order valence-corrected chi connectivity index (χ1v) is 8.83. The highest BCUT2D eigenvalue weighted by molar-refractivity contribution is 7.86. The third-order valence-corrected chi connectivity index (χ3v) is 4.79. The van der Waals surface area contributed by atoms with Crippen molar-refractivity contribution < 1.29 is 22.1 Å². The molecule has 0 amide bonds. The van der Waals surface area contributed by atoms with Crippen molar-refractivity contribution in [2.75, 3.05) is 0 Å². The van der Waals surface area contributed by atoms with Gasteiger partial charge in [-0.05, 0) is 68.1 Å². The first-order valence-electron chi connectivity index (χ1n) is 7.33. The molecule has 0 fully saturated rings. The Morgan fingerprint density at radius 1 is 1.13 bits per heavy atom. The van der Waals surface area contributed by atoms with Crippen molar-refractivity contribution in [3.05, 3.63) is 59.9 Å². The lowest BCUT2D eigenvalue weighted by atomic mass is 10.1. The maximum absolute atomic E-state index is 12.9. The first-order chi connectivity index (χ1) is 10.8. The van der Waals surface area contributed by atoms with Crippen LogP contribution in [0.15, 0.2) is 48.5 Å². The Bertz CT molecular complexity index is 741. The fourth-order valence-corrected chi connectivity index (χ4v) is 2.61. The van der Waals surface area contributed by atoms with E-state index < -0.39 is 15.4 Å². The van der Waals surface area contributed by atoms with Gasteiger partial charge in [0.05, 0.1) is 5.25 Å². The lowest BCUT2D eigenvalue weighted by molar-refractivity contribution is 0.463. The molecule has 6 heteroatoms. The molecule has 0 saturated heterocycles. The monoisotopic (exact) mass is 338 g/mol. The molecule has 2 aromatic carbocycles. The Balaban J connectivity index is 1.93. The Morgan fingerprint density at radius 3 is 2.48 bits per heavy atom. The van der Waals surface area contributed by atoms with Crippen molar-refractivity contribution in [1.29, 1.82) is 0 Å². The van der Waals surface area contributed by atoms with Gasteiger partial charge in [-0.15, -0.1) is 0 Å². The molecule has 124 valence electrons. The summed E-state index contributed by atoms with van der Waals surface area (Å²) in [5.41, 5.74) is 1.01. The zero-order chi connectivity index (χ0) is 16.9. The van der Waals surface area contributed by atoms with Gasteiger partial charge >= 0.3 is 0 Å². The number of hydrogen-bond donors (Lipinski definition) is 1. The third-order valence-electron chi connectivity index (χ3n) is 3.53. The molecule has 4 nitrogen and oxygen atoms in total. The Hall–Kier alpha value is -1.92. The second-order valence-corrected chi connectivity index (χ2v) is 7.26. The predicted octanol–water partition coefficient (Wildman–Crippen LogP) is 4.22. The predicted molar refractivity (Wildman–Crippen MR) is 86.9 cm³/mol. The number of hydrogen-bond acceptors (Lipinski definition) is 3. The summed E-state index contributed by atoms with van der Waals surface area (Å²) in [5.74, 6) is 0.861. The number of aryl methyl sites for hydroxylation is 1. The van der Waals surface area contributed by atoms with Crippen LogP contribution in [0.5, 0.6) is 11.5 Å². The van der Waals surface area contributed by atoms with Crippen LogP contribution < -0.4 is 4.74 Å². The summed E-state index contributed by atoms with van der Waals surface area (Å²) in [6.45, 7) is 1.49. The molecule has 0 saturated carbocycles. The Morgan fingerprint density at radius 2 is 1.83 bits per heavy atom. The fourth-order valence-electron chi connectivity index (χ4n) is 2.15. The van der Waals surface area contributed by atoms with Gasteiger partial charge in [0.2, 0.25) is 0 Å². The molecule has 2 rings (SSSR count). The van der Waals surface area contributed by atoms with E-state index in [1.165, 1.54) is 19.1 Å². The second-order valence-electron chi connectivity index (χ2n) is 5.42. The van der Waals surface area contributed by atoms with E-state index in [2.05, 4.69) is 0 Å². The van der Waals surface area contributed by atoms with Gasteiger partial charge in [-0.2, -0.15) is 8.42 Å². The number of halogens is 1. The van der Waals surface area contributed by atoms with Crippen LogP contribution in [0.3, 0.4) is 0 Å². The SMILES string of the molecule is CC(CCCc1cccc(Oc2ccc(F)cc2)c1)S(=O)(=O)O. The van der Waals surface area contributed by atoms with E-state index in [4.69, 9.17) is 9.29 Å². The average molecular weight is 338 g/mol. The Kier molecular flexibility index (Phi) is 5.74. The van der Waals surface area contributed by atoms with E-state index in [0.29, 0.717) is 30.8 Å². The first kappa shape index (κ1) is 17.4. The van der Waals surface area contributed by atoms with Crippen LogP contribution in [0.1, 0.15) is 25.3 Å². The second kappa shape index (κ2) is 7.57. The van der Waals surface area contributed by atoms with Crippen LogP contribution in [-0.2, 0) is 16.5 Å². The summed E-state index contributed by atoms with van der Waals surface area (Å²) in [6, 6.07) is 13.2. The number of benzene rings is 2. The highest BCUT2D eigenvalue weighted by Crippen LogP contribution is 2.23. The van der Waals surface area contributed by atoms with Gasteiger partial charge in [0, 0.05) is 0 Å². The van der Waals surface area contributed by atoms with E-state index in [0.717, 1.165) is 5.56 Å². The van der Waals surface area contributed by atoms with Crippen molar-refractivity contribution in [3.63, 3.8) is 0 Å². The molecule has 0 radical (unpaired) electrons. The van der Waals surface area contributed by atoms with Crippen LogP contribution in [0.2, 0.25) is 0 Å². The average Bonchev–Trinajstić information content (AvgIpc) is 2.49. The zero-order valence-electron chi connectivity index (χ0n) is 12.8. The van der Waals surface area contributed by atoms with Gasteiger partial charge in [0.1, 0.15) is 17.3 Å². The van der Waals surface area contributed by atoms with Crippen molar-refractivity contribution in [2.24, 2.45) is 0 Å². The van der Waals surface area contributed by atoms with Gasteiger partial charge < -0.3 is 4.74 Å². The topological polar surface area (TPSA) is 63.6 Å². The quantitative estimate of drug-likeness (QED) is 0.768. The minimum absolute atomic E-state index is 0.320. The Labute approximate surface area is 135 Å². The summed E-state index contributed by atoms with van der Waals surface area (Å²) >= 11 is 0. The zero-order valence-corrected chi connectivity index (χ0v) is 13.6. The normalized spacial score (nSPS) is 12.8. The van der Waals surface area contributed by atoms with Crippen LogP contribution in [-0.4, -0.2) is 18.2 Å². The summed E-state index contributed by atoms with van der Waals surface area (Å²) in [7, 11) is -3.96. The maximum atomic E-state index is 12.9. The molecule has 0 heterocycles. The van der Waals surface area contributed by atoms with Crippen LogP contribution >= 0.6 is 0 Å². The molecule has 0 aliphatic heterocycles. The fraction of sp³-hybridized carbons (Fsp3) is 0.294. The van der Waals surface area contributed by atoms with Crippen molar-refractivity contribution in [2.45, 2.75) is 31.4 Å². The largest absolute Gasteiger partial charge is 0.457 e. The van der Waals surface area contributed by atoms with Crippen LogP contribution in [0, 0.1) is 5.82 Å². The molecule has 0 spiro atoms. The van der Waals surface area contributed by atoms with E-state index in [-0.39, 0.29) is 5.82 Å². The van der Waals surface area contributed by atoms with E-state index in [1.807, 2.05) is 18.2 Å². The molecule has 0 aliphatic carbocycles. The third kappa shape index (κ3) is 5.65. The highest BCUT2D eigenvalue weighted by Gasteiger charge is 2.16.